The fourth-order valence-electron chi connectivity index (χ4n) is 3.13. The average Bonchev–Trinajstić information content (AvgIpc) is 3.23. The van der Waals surface area contributed by atoms with E-state index in [1.807, 2.05) is 7.05 Å². The van der Waals surface area contributed by atoms with Gasteiger partial charge in [0.05, 0.1) is 35.5 Å². The van der Waals surface area contributed by atoms with E-state index in [2.05, 4.69) is 5.10 Å². The van der Waals surface area contributed by atoms with E-state index in [0.29, 0.717) is 36.9 Å². The third-order valence-corrected chi connectivity index (χ3v) is 6.03. The third-order valence-electron chi connectivity index (χ3n) is 4.92. The Labute approximate surface area is 152 Å². The van der Waals surface area contributed by atoms with Gasteiger partial charge in [-0.15, -0.1) is 0 Å². The molecule has 1 aromatic heterocycles. The summed E-state index contributed by atoms with van der Waals surface area (Å²) in [4.78, 5) is 14.9. The van der Waals surface area contributed by atoms with Crippen molar-refractivity contribution in [1.29, 1.82) is 0 Å². The van der Waals surface area contributed by atoms with Gasteiger partial charge in [0.15, 0.2) is 9.84 Å². The van der Waals surface area contributed by atoms with Crippen molar-refractivity contribution in [3.05, 3.63) is 41.2 Å². The summed E-state index contributed by atoms with van der Waals surface area (Å²) in [6, 6.07) is 4.52. The van der Waals surface area contributed by atoms with Crippen LogP contribution < -0.4 is 4.74 Å². The highest BCUT2D eigenvalue weighted by molar-refractivity contribution is 7.90. The van der Waals surface area contributed by atoms with E-state index in [1.165, 1.54) is 12.1 Å². The first-order valence-corrected chi connectivity index (χ1v) is 10.5. The fraction of sp³-hybridized carbons (Fsp3) is 0.444. The lowest BCUT2D eigenvalue weighted by Gasteiger charge is -2.19. The zero-order valence-electron chi connectivity index (χ0n) is 14.8. The second-order valence-corrected chi connectivity index (χ2v) is 9.10. The number of carbonyl (C=O) groups is 1. The van der Waals surface area contributed by atoms with Gasteiger partial charge >= 0.3 is 0 Å². The van der Waals surface area contributed by atoms with Crippen LogP contribution in [0.5, 0.6) is 5.75 Å². The molecule has 1 aliphatic heterocycles. The van der Waals surface area contributed by atoms with Crippen molar-refractivity contribution in [3.63, 3.8) is 0 Å². The van der Waals surface area contributed by atoms with Crippen molar-refractivity contribution in [3.8, 4) is 5.75 Å². The Bertz CT molecular complexity index is 976. The number of fused-ring (bicyclic) bond motifs is 1. The molecule has 1 aromatic carbocycles. The minimum absolute atomic E-state index is 0.123. The van der Waals surface area contributed by atoms with E-state index in [4.69, 9.17) is 4.74 Å². The van der Waals surface area contributed by atoms with Gasteiger partial charge in [-0.25, -0.2) is 8.42 Å². The van der Waals surface area contributed by atoms with Crippen molar-refractivity contribution in [2.75, 3.05) is 12.9 Å². The van der Waals surface area contributed by atoms with E-state index in [0.717, 1.165) is 30.4 Å². The van der Waals surface area contributed by atoms with Crippen LogP contribution in [0.25, 0.3) is 0 Å². The van der Waals surface area contributed by atoms with Crippen molar-refractivity contribution in [1.82, 2.24) is 14.7 Å². The quantitative estimate of drug-likeness (QED) is 0.795. The standard InChI is InChI=1S/C18H21N3O4S/c1-20-16-10-21(9-13(16)8-19-20)18(22)15-7-14(26(2,23)24)5-6-17(15)25-11-12-3-4-12/h5-8,12H,3-4,9-11H2,1-2H3. The lowest BCUT2D eigenvalue weighted by molar-refractivity contribution is 0.0743. The van der Waals surface area contributed by atoms with Crippen LogP contribution in [0, 0.1) is 5.92 Å². The lowest BCUT2D eigenvalue weighted by Crippen LogP contribution is -2.27. The first-order chi connectivity index (χ1) is 12.3. The number of hydrogen-bond donors (Lipinski definition) is 0. The Kier molecular flexibility index (Phi) is 4.02. The second kappa shape index (κ2) is 6.12. The molecule has 0 saturated heterocycles. The van der Waals surface area contributed by atoms with Crippen LogP contribution >= 0.6 is 0 Å². The van der Waals surface area contributed by atoms with E-state index in [9.17, 15) is 13.2 Å². The van der Waals surface area contributed by atoms with Gasteiger partial charge in [-0.1, -0.05) is 0 Å². The molecule has 0 bridgehead atoms. The van der Waals surface area contributed by atoms with E-state index in [-0.39, 0.29) is 10.8 Å². The number of sulfone groups is 1. The monoisotopic (exact) mass is 375 g/mol. The molecule has 8 heteroatoms. The third kappa shape index (κ3) is 3.21. The summed E-state index contributed by atoms with van der Waals surface area (Å²) in [6.45, 7) is 1.48. The SMILES string of the molecule is Cn1ncc2c1CN(C(=O)c1cc(S(C)(=O)=O)ccc1OCC1CC1)C2. The summed E-state index contributed by atoms with van der Waals surface area (Å²) >= 11 is 0. The molecule has 0 unspecified atom stereocenters. The minimum atomic E-state index is -3.41. The molecule has 1 amide bonds. The maximum atomic E-state index is 13.1. The Morgan fingerprint density at radius 2 is 2.08 bits per heavy atom. The van der Waals surface area contributed by atoms with Gasteiger partial charge in [-0.3, -0.25) is 9.48 Å². The predicted molar refractivity (Wildman–Crippen MR) is 94.6 cm³/mol. The molecule has 1 fully saturated rings. The number of benzene rings is 1. The Hall–Kier alpha value is -2.35. The largest absolute Gasteiger partial charge is 0.492 e. The first-order valence-electron chi connectivity index (χ1n) is 8.59. The number of hydrogen-bond acceptors (Lipinski definition) is 5. The normalized spacial score (nSPS) is 16.6. The van der Waals surface area contributed by atoms with Crippen LogP contribution in [0.2, 0.25) is 0 Å². The topological polar surface area (TPSA) is 81.5 Å². The van der Waals surface area contributed by atoms with Crippen LogP contribution in [-0.2, 0) is 30.0 Å². The molecule has 2 heterocycles. The maximum Gasteiger partial charge on any atom is 0.258 e. The molecule has 0 N–H and O–H groups in total. The molecule has 26 heavy (non-hydrogen) atoms. The van der Waals surface area contributed by atoms with Gasteiger partial charge < -0.3 is 9.64 Å². The zero-order valence-corrected chi connectivity index (χ0v) is 15.6. The first kappa shape index (κ1) is 17.1. The molecule has 0 spiro atoms. The number of nitrogens with zero attached hydrogens (tertiary/aromatic N) is 3. The van der Waals surface area contributed by atoms with E-state index < -0.39 is 9.84 Å². The molecule has 138 valence electrons. The predicted octanol–water partition coefficient (Wildman–Crippen LogP) is 1.77. The molecular formula is C18H21N3O4S. The average molecular weight is 375 g/mol. The molecule has 1 aliphatic carbocycles. The van der Waals surface area contributed by atoms with Crippen molar-refractivity contribution >= 4 is 15.7 Å². The van der Waals surface area contributed by atoms with Crippen molar-refractivity contribution in [2.24, 2.45) is 13.0 Å². The van der Waals surface area contributed by atoms with Gasteiger partial charge in [0, 0.05) is 25.4 Å². The maximum absolute atomic E-state index is 13.1. The van der Waals surface area contributed by atoms with E-state index >= 15 is 0 Å². The van der Waals surface area contributed by atoms with Crippen LogP contribution in [0.1, 0.15) is 34.5 Å². The Morgan fingerprint density at radius 3 is 2.73 bits per heavy atom. The van der Waals surface area contributed by atoms with Crippen LogP contribution in [0.3, 0.4) is 0 Å². The number of amides is 1. The number of aromatic nitrogens is 2. The summed E-state index contributed by atoms with van der Waals surface area (Å²) in [6.07, 6.45) is 5.18. The molecule has 0 atom stereocenters. The summed E-state index contributed by atoms with van der Waals surface area (Å²) < 4.78 is 31.4. The molecular weight excluding hydrogens is 354 g/mol. The van der Waals surface area contributed by atoms with Crippen LogP contribution in [0.4, 0.5) is 0 Å². The Balaban J connectivity index is 1.64. The molecule has 2 aromatic rings. The minimum Gasteiger partial charge on any atom is -0.492 e. The van der Waals surface area contributed by atoms with Gasteiger partial charge in [0.2, 0.25) is 0 Å². The molecule has 7 nitrogen and oxygen atoms in total. The number of aryl methyl sites for hydroxylation is 1. The lowest BCUT2D eigenvalue weighted by atomic mass is 10.1. The molecule has 1 saturated carbocycles. The second-order valence-electron chi connectivity index (χ2n) is 7.09. The Morgan fingerprint density at radius 1 is 1.31 bits per heavy atom. The summed E-state index contributed by atoms with van der Waals surface area (Å²) in [7, 11) is -1.56. The molecule has 0 radical (unpaired) electrons. The van der Waals surface area contributed by atoms with Gasteiger partial charge in [0.1, 0.15) is 5.75 Å². The summed E-state index contributed by atoms with van der Waals surface area (Å²) in [5.41, 5.74) is 2.31. The smallest absolute Gasteiger partial charge is 0.258 e. The van der Waals surface area contributed by atoms with E-state index in [1.54, 1.807) is 21.8 Å². The number of carbonyl (C=O) groups excluding carboxylic acids is 1. The van der Waals surface area contributed by atoms with Crippen molar-refractivity contribution in [2.45, 2.75) is 30.8 Å². The highest BCUT2D eigenvalue weighted by atomic mass is 32.2. The molecule has 4 rings (SSSR count). The van der Waals surface area contributed by atoms with Crippen molar-refractivity contribution < 1.29 is 17.9 Å². The number of rotatable bonds is 5. The van der Waals surface area contributed by atoms with Gasteiger partial charge in [-0.2, -0.15) is 5.10 Å². The number of ether oxygens (including phenoxy) is 1. The van der Waals surface area contributed by atoms with Gasteiger partial charge in [0.25, 0.3) is 5.91 Å². The highest BCUT2D eigenvalue weighted by Gasteiger charge is 2.30. The van der Waals surface area contributed by atoms with Gasteiger partial charge in [-0.05, 0) is 37.0 Å². The van der Waals surface area contributed by atoms with Crippen LogP contribution in [0.15, 0.2) is 29.3 Å². The highest BCUT2D eigenvalue weighted by Crippen LogP contribution is 2.32. The summed E-state index contributed by atoms with van der Waals surface area (Å²) in [5.74, 6) is 0.760. The van der Waals surface area contributed by atoms with Crippen LogP contribution in [-0.4, -0.2) is 41.9 Å². The molecule has 2 aliphatic rings. The fourth-order valence-corrected chi connectivity index (χ4v) is 3.77. The summed E-state index contributed by atoms with van der Waals surface area (Å²) in [5, 5.41) is 4.20. The zero-order chi connectivity index (χ0) is 18.5.